The summed E-state index contributed by atoms with van der Waals surface area (Å²) in [5.41, 5.74) is 0. The summed E-state index contributed by atoms with van der Waals surface area (Å²) < 4.78 is 4.90. The van der Waals surface area contributed by atoms with E-state index in [1.54, 1.807) is 7.11 Å². The predicted octanol–water partition coefficient (Wildman–Crippen LogP) is -1.11. The summed E-state index contributed by atoms with van der Waals surface area (Å²) in [5, 5.41) is 6.12. The van der Waals surface area contributed by atoms with Crippen molar-refractivity contribution in [3.63, 3.8) is 0 Å². The molecule has 2 amide bonds. The Morgan fingerprint density at radius 2 is 2.05 bits per heavy atom. The van der Waals surface area contributed by atoms with Crippen LogP contribution >= 0.6 is 0 Å². The Kier molecular flexibility index (Phi) is 7.08. The normalized spacial score (nSPS) is 23.3. The highest BCUT2D eigenvalue weighted by molar-refractivity contribution is 5.79. The Morgan fingerprint density at radius 3 is 2.68 bits per heavy atom. The molecule has 7 heteroatoms. The standard InChI is InChI=1S/C15H28N4O3/c1-22-10-5-17-14(20)12-18-6-8-19(9-7-18)15(21)13-3-2-4-16-11-13/h13,16H,2-12H2,1H3,(H,17,20). The van der Waals surface area contributed by atoms with Gasteiger partial charge in [0.05, 0.1) is 19.1 Å². The molecule has 0 bridgehead atoms. The average molecular weight is 312 g/mol. The van der Waals surface area contributed by atoms with Crippen molar-refractivity contribution in [2.45, 2.75) is 12.8 Å². The lowest BCUT2D eigenvalue weighted by Crippen LogP contribution is -2.53. The van der Waals surface area contributed by atoms with E-state index in [1.165, 1.54) is 0 Å². The number of rotatable bonds is 6. The van der Waals surface area contributed by atoms with Crippen LogP contribution in [0.5, 0.6) is 0 Å². The monoisotopic (exact) mass is 312 g/mol. The van der Waals surface area contributed by atoms with Crippen LogP contribution in [0.25, 0.3) is 0 Å². The number of methoxy groups -OCH3 is 1. The third kappa shape index (κ3) is 5.23. The van der Waals surface area contributed by atoms with Crippen LogP contribution in [-0.4, -0.2) is 87.7 Å². The molecule has 0 aromatic heterocycles. The third-order valence-electron chi connectivity index (χ3n) is 4.33. The number of carbonyl (C=O) groups is 2. The van der Waals surface area contributed by atoms with E-state index in [4.69, 9.17) is 4.74 Å². The molecule has 0 spiro atoms. The first-order valence-electron chi connectivity index (χ1n) is 8.18. The number of piperidine rings is 1. The van der Waals surface area contributed by atoms with E-state index in [0.717, 1.165) is 52.1 Å². The van der Waals surface area contributed by atoms with Gasteiger partial charge in [0.15, 0.2) is 0 Å². The molecule has 2 saturated heterocycles. The van der Waals surface area contributed by atoms with Crippen molar-refractivity contribution in [2.24, 2.45) is 5.92 Å². The summed E-state index contributed by atoms with van der Waals surface area (Å²) in [6.45, 7) is 6.29. The van der Waals surface area contributed by atoms with E-state index < -0.39 is 0 Å². The van der Waals surface area contributed by atoms with Crippen LogP contribution in [0.15, 0.2) is 0 Å². The number of hydrogen-bond acceptors (Lipinski definition) is 5. The van der Waals surface area contributed by atoms with Gasteiger partial charge in [-0.05, 0) is 19.4 Å². The first-order valence-corrected chi connectivity index (χ1v) is 8.18. The molecular formula is C15H28N4O3. The van der Waals surface area contributed by atoms with E-state index >= 15 is 0 Å². The lowest BCUT2D eigenvalue weighted by Gasteiger charge is -2.36. The minimum atomic E-state index is 0.0216. The van der Waals surface area contributed by atoms with Crippen molar-refractivity contribution in [1.29, 1.82) is 0 Å². The lowest BCUT2D eigenvalue weighted by atomic mass is 9.98. The van der Waals surface area contributed by atoms with Crippen LogP contribution in [0.2, 0.25) is 0 Å². The molecule has 2 N–H and O–H groups in total. The molecular weight excluding hydrogens is 284 g/mol. The Balaban J connectivity index is 1.66. The second-order valence-electron chi connectivity index (χ2n) is 5.99. The van der Waals surface area contributed by atoms with Crippen LogP contribution in [-0.2, 0) is 14.3 Å². The van der Waals surface area contributed by atoms with Gasteiger partial charge < -0.3 is 20.3 Å². The second-order valence-corrected chi connectivity index (χ2v) is 5.99. The van der Waals surface area contributed by atoms with Gasteiger partial charge in [-0.25, -0.2) is 0 Å². The van der Waals surface area contributed by atoms with Gasteiger partial charge in [-0.1, -0.05) is 0 Å². The summed E-state index contributed by atoms with van der Waals surface area (Å²) in [6.07, 6.45) is 2.08. The first-order chi connectivity index (χ1) is 10.7. The molecule has 22 heavy (non-hydrogen) atoms. The molecule has 0 saturated carbocycles. The smallest absolute Gasteiger partial charge is 0.234 e. The number of carbonyl (C=O) groups excluding carboxylic acids is 2. The van der Waals surface area contributed by atoms with Gasteiger partial charge in [0.1, 0.15) is 0 Å². The fraction of sp³-hybridized carbons (Fsp3) is 0.867. The number of hydrogen-bond donors (Lipinski definition) is 2. The summed E-state index contributed by atoms with van der Waals surface area (Å²) in [7, 11) is 1.62. The van der Waals surface area contributed by atoms with Gasteiger partial charge in [0, 0.05) is 46.4 Å². The number of ether oxygens (including phenoxy) is 1. The van der Waals surface area contributed by atoms with Gasteiger partial charge in [-0.15, -0.1) is 0 Å². The molecule has 1 atom stereocenters. The van der Waals surface area contributed by atoms with Crippen molar-refractivity contribution in [1.82, 2.24) is 20.4 Å². The molecule has 0 aliphatic carbocycles. The molecule has 0 aromatic rings. The van der Waals surface area contributed by atoms with Crippen LogP contribution in [0, 0.1) is 5.92 Å². The van der Waals surface area contributed by atoms with Crippen LogP contribution in [0.1, 0.15) is 12.8 Å². The van der Waals surface area contributed by atoms with Crippen molar-refractivity contribution in [3.05, 3.63) is 0 Å². The molecule has 0 radical (unpaired) electrons. The highest BCUT2D eigenvalue weighted by atomic mass is 16.5. The Bertz CT molecular complexity index is 364. The van der Waals surface area contributed by atoms with Crippen molar-refractivity contribution >= 4 is 11.8 Å². The lowest BCUT2D eigenvalue weighted by molar-refractivity contribution is -0.138. The van der Waals surface area contributed by atoms with Crippen LogP contribution in [0.3, 0.4) is 0 Å². The minimum Gasteiger partial charge on any atom is -0.383 e. The second kappa shape index (κ2) is 9.07. The zero-order chi connectivity index (χ0) is 15.8. The molecule has 2 aliphatic heterocycles. The third-order valence-corrected chi connectivity index (χ3v) is 4.33. The molecule has 0 aromatic carbocycles. The molecule has 2 heterocycles. The van der Waals surface area contributed by atoms with E-state index in [2.05, 4.69) is 15.5 Å². The summed E-state index contributed by atoms with van der Waals surface area (Å²) >= 11 is 0. The SMILES string of the molecule is COCCNC(=O)CN1CCN(C(=O)C2CCCNC2)CC1. The van der Waals surface area contributed by atoms with Gasteiger partial charge in [0.2, 0.25) is 11.8 Å². The largest absolute Gasteiger partial charge is 0.383 e. The maximum atomic E-state index is 12.4. The van der Waals surface area contributed by atoms with E-state index in [1.807, 2.05) is 4.90 Å². The molecule has 2 aliphatic rings. The fourth-order valence-corrected chi connectivity index (χ4v) is 3.00. The van der Waals surface area contributed by atoms with Crippen LogP contribution in [0.4, 0.5) is 0 Å². The summed E-state index contributed by atoms with van der Waals surface area (Å²) in [5.74, 6) is 0.433. The number of nitrogens with one attached hydrogen (secondary N) is 2. The molecule has 2 fully saturated rings. The summed E-state index contributed by atoms with van der Waals surface area (Å²) in [4.78, 5) is 28.2. The molecule has 7 nitrogen and oxygen atoms in total. The van der Waals surface area contributed by atoms with Gasteiger partial charge in [-0.3, -0.25) is 14.5 Å². The molecule has 126 valence electrons. The Labute approximate surface area is 132 Å². The van der Waals surface area contributed by atoms with E-state index in [0.29, 0.717) is 19.7 Å². The number of nitrogens with zero attached hydrogens (tertiary/aromatic N) is 2. The zero-order valence-corrected chi connectivity index (χ0v) is 13.5. The van der Waals surface area contributed by atoms with Gasteiger partial charge >= 0.3 is 0 Å². The van der Waals surface area contributed by atoms with Crippen molar-refractivity contribution in [3.8, 4) is 0 Å². The maximum Gasteiger partial charge on any atom is 0.234 e. The first kappa shape index (κ1) is 17.2. The minimum absolute atomic E-state index is 0.0216. The average Bonchev–Trinajstić information content (AvgIpc) is 2.56. The number of piperazine rings is 1. The Hall–Kier alpha value is -1.18. The van der Waals surface area contributed by atoms with Gasteiger partial charge in [0.25, 0.3) is 0 Å². The van der Waals surface area contributed by atoms with E-state index in [-0.39, 0.29) is 17.7 Å². The zero-order valence-electron chi connectivity index (χ0n) is 13.5. The fourth-order valence-electron chi connectivity index (χ4n) is 3.00. The maximum absolute atomic E-state index is 12.4. The quantitative estimate of drug-likeness (QED) is 0.609. The molecule has 1 unspecified atom stereocenters. The predicted molar refractivity (Wildman–Crippen MR) is 83.5 cm³/mol. The summed E-state index contributed by atoms with van der Waals surface area (Å²) in [6, 6.07) is 0. The highest BCUT2D eigenvalue weighted by Crippen LogP contribution is 2.14. The van der Waals surface area contributed by atoms with Crippen LogP contribution < -0.4 is 10.6 Å². The molecule has 2 rings (SSSR count). The van der Waals surface area contributed by atoms with Crippen molar-refractivity contribution in [2.75, 3.05) is 66.1 Å². The van der Waals surface area contributed by atoms with Crippen molar-refractivity contribution < 1.29 is 14.3 Å². The van der Waals surface area contributed by atoms with Gasteiger partial charge in [-0.2, -0.15) is 0 Å². The topological polar surface area (TPSA) is 73.9 Å². The Morgan fingerprint density at radius 1 is 1.27 bits per heavy atom. The highest BCUT2D eigenvalue weighted by Gasteiger charge is 2.28. The number of amides is 2. The van der Waals surface area contributed by atoms with E-state index in [9.17, 15) is 9.59 Å².